The fourth-order valence-electron chi connectivity index (χ4n) is 2.23. The Morgan fingerprint density at radius 1 is 1.30 bits per heavy atom. The number of carbonyl (C=O) groups is 2. The van der Waals surface area contributed by atoms with Crippen LogP contribution in [0.15, 0.2) is 18.2 Å². The Labute approximate surface area is 117 Å². The molecule has 1 aromatic heterocycles. The number of aromatic nitrogens is 1. The van der Waals surface area contributed by atoms with E-state index in [1.807, 2.05) is 15.9 Å². The van der Waals surface area contributed by atoms with Gasteiger partial charge in [-0.2, -0.15) is 0 Å². The van der Waals surface area contributed by atoms with Crippen LogP contribution >= 0.6 is 0 Å². The molecule has 1 amide bonds. The van der Waals surface area contributed by atoms with E-state index in [0.717, 1.165) is 0 Å². The molecule has 7 nitrogen and oxygen atoms in total. The molecule has 0 spiro atoms. The molecule has 108 valence electrons. The van der Waals surface area contributed by atoms with Gasteiger partial charge < -0.3 is 15.7 Å². The van der Waals surface area contributed by atoms with Gasteiger partial charge in [-0.25, -0.2) is 4.98 Å². The van der Waals surface area contributed by atoms with Gasteiger partial charge in [0, 0.05) is 26.2 Å². The number of aliphatic carboxylic acids is 1. The Balaban J connectivity index is 2.02. The van der Waals surface area contributed by atoms with Crippen molar-refractivity contribution in [1.29, 1.82) is 0 Å². The number of pyridine rings is 1. The van der Waals surface area contributed by atoms with E-state index in [0.29, 0.717) is 32.0 Å². The molecular weight excluding hydrogens is 260 g/mol. The maximum atomic E-state index is 11.1. The Hall–Kier alpha value is -2.15. The molecule has 0 aromatic carbocycles. The number of rotatable bonds is 4. The van der Waals surface area contributed by atoms with E-state index in [1.54, 1.807) is 19.1 Å². The highest BCUT2D eigenvalue weighted by Crippen LogP contribution is 2.15. The lowest BCUT2D eigenvalue weighted by atomic mass is 10.2. The van der Waals surface area contributed by atoms with E-state index in [9.17, 15) is 9.59 Å². The van der Waals surface area contributed by atoms with Crippen molar-refractivity contribution in [3.05, 3.63) is 23.9 Å². The first-order valence-electron chi connectivity index (χ1n) is 6.47. The van der Waals surface area contributed by atoms with Gasteiger partial charge in [0.25, 0.3) is 5.91 Å². The zero-order valence-electron chi connectivity index (χ0n) is 11.3. The van der Waals surface area contributed by atoms with Crippen molar-refractivity contribution in [2.24, 2.45) is 5.73 Å². The number of carboxylic acids is 1. The highest BCUT2D eigenvalue weighted by atomic mass is 16.4. The second-order valence-corrected chi connectivity index (χ2v) is 4.78. The number of hydrogen-bond donors (Lipinski definition) is 2. The molecular formula is C13H18N4O3. The van der Waals surface area contributed by atoms with Crippen LogP contribution in [0.25, 0.3) is 0 Å². The highest BCUT2D eigenvalue weighted by Gasteiger charge is 2.25. The first-order chi connectivity index (χ1) is 9.49. The number of carboxylic acid groups (broad SMARTS) is 1. The van der Waals surface area contributed by atoms with Crippen molar-refractivity contribution in [2.75, 3.05) is 31.1 Å². The van der Waals surface area contributed by atoms with E-state index in [1.165, 1.54) is 0 Å². The molecule has 1 aliphatic heterocycles. The average molecular weight is 278 g/mol. The average Bonchev–Trinajstić information content (AvgIpc) is 2.46. The molecule has 0 saturated carbocycles. The summed E-state index contributed by atoms with van der Waals surface area (Å²) in [5.41, 5.74) is 5.45. The largest absolute Gasteiger partial charge is 0.480 e. The van der Waals surface area contributed by atoms with Crippen molar-refractivity contribution in [1.82, 2.24) is 9.88 Å². The zero-order chi connectivity index (χ0) is 14.7. The minimum atomic E-state index is -0.813. The van der Waals surface area contributed by atoms with Crippen molar-refractivity contribution >= 4 is 17.7 Å². The van der Waals surface area contributed by atoms with Crippen molar-refractivity contribution < 1.29 is 14.7 Å². The fourth-order valence-corrected chi connectivity index (χ4v) is 2.23. The number of primary amides is 1. The molecule has 7 heteroatoms. The lowest BCUT2D eigenvalue weighted by Crippen LogP contribution is -2.52. The minimum Gasteiger partial charge on any atom is -0.480 e. The second kappa shape index (κ2) is 5.87. The Morgan fingerprint density at radius 2 is 1.95 bits per heavy atom. The van der Waals surface area contributed by atoms with E-state index >= 15 is 0 Å². The van der Waals surface area contributed by atoms with Gasteiger partial charge in [-0.3, -0.25) is 14.5 Å². The van der Waals surface area contributed by atoms with Crippen LogP contribution in [0.1, 0.15) is 17.4 Å². The summed E-state index contributed by atoms with van der Waals surface area (Å²) in [7, 11) is 0. The quantitative estimate of drug-likeness (QED) is 0.789. The molecule has 1 unspecified atom stereocenters. The number of nitrogens with zero attached hydrogens (tertiary/aromatic N) is 3. The molecule has 2 rings (SSSR count). The summed E-state index contributed by atoms with van der Waals surface area (Å²) in [4.78, 5) is 30.2. The van der Waals surface area contributed by atoms with Gasteiger partial charge in [0.1, 0.15) is 17.6 Å². The normalized spacial score (nSPS) is 17.8. The lowest BCUT2D eigenvalue weighted by molar-refractivity contribution is -0.142. The summed E-state index contributed by atoms with van der Waals surface area (Å²) >= 11 is 0. The predicted molar refractivity (Wildman–Crippen MR) is 73.6 cm³/mol. The topological polar surface area (TPSA) is 99.8 Å². The molecule has 1 atom stereocenters. The van der Waals surface area contributed by atoms with Gasteiger partial charge >= 0.3 is 5.97 Å². The molecule has 3 N–H and O–H groups in total. The number of anilines is 1. The van der Waals surface area contributed by atoms with E-state index in [2.05, 4.69) is 4.98 Å². The molecule has 2 heterocycles. The summed E-state index contributed by atoms with van der Waals surface area (Å²) in [5.74, 6) is -0.666. The molecule has 1 fully saturated rings. The summed E-state index contributed by atoms with van der Waals surface area (Å²) in [5, 5.41) is 9.00. The van der Waals surface area contributed by atoms with Crippen molar-refractivity contribution in [2.45, 2.75) is 13.0 Å². The van der Waals surface area contributed by atoms with E-state index in [-0.39, 0.29) is 5.69 Å². The maximum Gasteiger partial charge on any atom is 0.320 e. The molecule has 20 heavy (non-hydrogen) atoms. The number of hydrogen-bond acceptors (Lipinski definition) is 5. The summed E-state index contributed by atoms with van der Waals surface area (Å²) in [6, 6.07) is 4.66. The van der Waals surface area contributed by atoms with Crippen LogP contribution in [0.2, 0.25) is 0 Å². The van der Waals surface area contributed by atoms with Crippen LogP contribution in [-0.2, 0) is 4.79 Å². The number of amides is 1. The van der Waals surface area contributed by atoms with Crippen LogP contribution in [0.3, 0.4) is 0 Å². The third kappa shape index (κ3) is 3.05. The Kier molecular flexibility index (Phi) is 4.19. The number of piperazine rings is 1. The molecule has 1 aliphatic rings. The van der Waals surface area contributed by atoms with E-state index < -0.39 is 17.9 Å². The number of carbonyl (C=O) groups excluding carboxylic acids is 1. The second-order valence-electron chi connectivity index (χ2n) is 4.78. The summed E-state index contributed by atoms with van der Waals surface area (Å²) < 4.78 is 0. The summed E-state index contributed by atoms with van der Waals surface area (Å²) in [6.45, 7) is 4.33. The van der Waals surface area contributed by atoms with Crippen molar-refractivity contribution in [3.63, 3.8) is 0 Å². The molecule has 1 saturated heterocycles. The first-order valence-corrected chi connectivity index (χ1v) is 6.47. The number of nitrogens with two attached hydrogens (primary N) is 1. The Bertz CT molecular complexity index is 512. The predicted octanol–water partition coefficient (Wildman–Crippen LogP) is -0.224. The zero-order valence-corrected chi connectivity index (χ0v) is 11.3. The van der Waals surface area contributed by atoms with Gasteiger partial charge in [0.15, 0.2) is 0 Å². The van der Waals surface area contributed by atoms with E-state index in [4.69, 9.17) is 10.8 Å². The fraction of sp³-hybridized carbons (Fsp3) is 0.462. The molecule has 1 aromatic rings. The van der Waals surface area contributed by atoms with Crippen LogP contribution in [0, 0.1) is 0 Å². The monoisotopic (exact) mass is 278 g/mol. The molecule has 0 bridgehead atoms. The van der Waals surface area contributed by atoms with Crippen LogP contribution in [0.4, 0.5) is 5.82 Å². The maximum absolute atomic E-state index is 11.1. The lowest BCUT2D eigenvalue weighted by Gasteiger charge is -2.37. The standard InChI is InChI=1S/C13H18N4O3/c1-9(13(19)20)16-5-7-17(8-6-16)11-4-2-3-10(15-11)12(14)18/h2-4,9H,5-8H2,1H3,(H2,14,18)(H,19,20). The smallest absolute Gasteiger partial charge is 0.320 e. The third-order valence-corrected chi connectivity index (χ3v) is 3.53. The summed E-state index contributed by atoms with van der Waals surface area (Å²) in [6.07, 6.45) is 0. The van der Waals surface area contributed by atoms with Gasteiger partial charge in [0.05, 0.1) is 0 Å². The van der Waals surface area contributed by atoms with Gasteiger partial charge in [-0.05, 0) is 19.1 Å². The van der Waals surface area contributed by atoms with Gasteiger partial charge in [0.2, 0.25) is 0 Å². The van der Waals surface area contributed by atoms with Crippen LogP contribution in [0.5, 0.6) is 0 Å². The highest BCUT2D eigenvalue weighted by molar-refractivity contribution is 5.91. The first kappa shape index (κ1) is 14.3. The minimum absolute atomic E-state index is 0.240. The van der Waals surface area contributed by atoms with Crippen molar-refractivity contribution in [3.8, 4) is 0 Å². The van der Waals surface area contributed by atoms with Gasteiger partial charge in [-0.1, -0.05) is 6.07 Å². The molecule has 0 aliphatic carbocycles. The van der Waals surface area contributed by atoms with Gasteiger partial charge in [-0.15, -0.1) is 0 Å². The SMILES string of the molecule is CC(C(=O)O)N1CCN(c2cccc(C(N)=O)n2)CC1. The van der Waals surface area contributed by atoms with Crippen LogP contribution in [-0.4, -0.2) is 59.1 Å². The molecule has 0 radical (unpaired) electrons. The van der Waals surface area contributed by atoms with Crippen LogP contribution < -0.4 is 10.6 Å². The third-order valence-electron chi connectivity index (χ3n) is 3.53. The Morgan fingerprint density at radius 3 is 2.50 bits per heavy atom.